The van der Waals surface area contributed by atoms with Crippen LogP contribution in [-0.4, -0.2) is 10.6 Å². The van der Waals surface area contributed by atoms with Crippen molar-refractivity contribution in [2.45, 2.75) is 26.4 Å². The van der Waals surface area contributed by atoms with Gasteiger partial charge in [0.05, 0.1) is 0 Å². The Morgan fingerprint density at radius 1 is 1.11 bits per heavy atom. The van der Waals surface area contributed by atoms with Crippen molar-refractivity contribution in [2.75, 3.05) is 5.32 Å². The number of pyridine rings is 1. The number of aromatic nitrogens is 1. The van der Waals surface area contributed by atoms with E-state index in [0.717, 1.165) is 10.3 Å². The van der Waals surface area contributed by atoms with Crippen LogP contribution in [0.4, 0.5) is 5.69 Å². The Labute approximate surface area is 168 Å². The van der Waals surface area contributed by atoms with Crippen LogP contribution in [0.2, 0.25) is 5.02 Å². The molecule has 0 saturated carbocycles. The van der Waals surface area contributed by atoms with Crippen molar-refractivity contribution in [2.24, 2.45) is 0 Å². The number of anilines is 1. The summed E-state index contributed by atoms with van der Waals surface area (Å²) in [4.78, 5) is 30.6. The van der Waals surface area contributed by atoms with Gasteiger partial charge in [0.2, 0.25) is 0 Å². The Balaban J connectivity index is 1.72. The summed E-state index contributed by atoms with van der Waals surface area (Å²) >= 11 is 5.95. The van der Waals surface area contributed by atoms with Gasteiger partial charge in [0.1, 0.15) is 12.2 Å². The molecule has 0 radical (unpaired) electrons. The molecule has 1 aromatic heterocycles. The summed E-state index contributed by atoms with van der Waals surface area (Å²) in [6.07, 6.45) is 1.47. The van der Waals surface area contributed by atoms with Gasteiger partial charge in [0, 0.05) is 16.9 Å². The van der Waals surface area contributed by atoms with Crippen LogP contribution in [0.25, 0.3) is 0 Å². The Morgan fingerprint density at radius 3 is 2.54 bits per heavy atom. The molecule has 2 aromatic carbocycles. The summed E-state index contributed by atoms with van der Waals surface area (Å²) in [5.41, 5.74) is 2.10. The lowest BCUT2D eigenvalue weighted by molar-refractivity contribution is 0.0863. The SMILES string of the molecule is CC(C)c1ccc(NC(=O)c2cccn(OCc3cccc(Cl)c3)c2=O)cc1. The lowest BCUT2D eigenvalue weighted by Crippen LogP contribution is -2.32. The summed E-state index contributed by atoms with van der Waals surface area (Å²) < 4.78 is 1.05. The predicted octanol–water partition coefficient (Wildman–Crippen LogP) is 4.51. The molecule has 0 unspecified atom stereocenters. The monoisotopic (exact) mass is 396 g/mol. The van der Waals surface area contributed by atoms with Gasteiger partial charge < -0.3 is 10.2 Å². The molecule has 0 atom stereocenters. The van der Waals surface area contributed by atoms with Gasteiger partial charge in [-0.25, -0.2) is 0 Å². The number of halogens is 1. The van der Waals surface area contributed by atoms with Crippen LogP contribution in [-0.2, 0) is 6.61 Å². The second-order valence-corrected chi connectivity index (χ2v) is 7.12. The first kappa shape index (κ1) is 19.7. The average Bonchev–Trinajstić information content (AvgIpc) is 2.67. The highest BCUT2D eigenvalue weighted by atomic mass is 35.5. The fourth-order valence-electron chi connectivity index (χ4n) is 2.67. The number of carbonyl (C=O) groups is 1. The van der Waals surface area contributed by atoms with Gasteiger partial charge in [-0.3, -0.25) is 9.59 Å². The Bertz CT molecular complexity index is 1030. The molecule has 1 amide bonds. The first-order chi connectivity index (χ1) is 13.4. The van der Waals surface area contributed by atoms with Gasteiger partial charge in [0.25, 0.3) is 11.5 Å². The van der Waals surface area contributed by atoms with Crippen LogP contribution >= 0.6 is 11.6 Å². The molecule has 6 heteroatoms. The van der Waals surface area contributed by atoms with E-state index in [1.807, 2.05) is 30.3 Å². The molecule has 0 bridgehead atoms. The Morgan fingerprint density at radius 2 is 1.86 bits per heavy atom. The lowest BCUT2D eigenvalue weighted by atomic mass is 10.0. The maximum absolute atomic E-state index is 12.6. The highest BCUT2D eigenvalue weighted by Crippen LogP contribution is 2.17. The van der Waals surface area contributed by atoms with E-state index in [4.69, 9.17) is 16.4 Å². The molecule has 1 N–H and O–H groups in total. The fraction of sp³-hybridized carbons (Fsp3) is 0.182. The summed E-state index contributed by atoms with van der Waals surface area (Å²) in [5.74, 6) is -0.0780. The van der Waals surface area contributed by atoms with E-state index in [1.165, 1.54) is 17.8 Å². The smallest absolute Gasteiger partial charge is 0.295 e. The van der Waals surface area contributed by atoms with Crippen molar-refractivity contribution in [3.63, 3.8) is 0 Å². The molecule has 0 aliphatic heterocycles. The topological polar surface area (TPSA) is 60.3 Å². The second-order valence-electron chi connectivity index (χ2n) is 6.69. The summed E-state index contributed by atoms with van der Waals surface area (Å²) in [6, 6.07) is 17.8. The van der Waals surface area contributed by atoms with Crippen molar-refractivity contribution in [1.29, 1.82) is 0 Å². The van der Waals surface area contributed by atoms with Crippen LogP contribution in [0.3, 0.4) is 0 Å². The van der Waals surface area contributed by atoms with Crippen LogP contribution in [0.1, 0.15) is 41.3 Å². The number of rotatable bonds is 6. The molecule has 0 fully saturated rings. The molecule has 144 valence electrons. The third-order valence-electron chi connectivity index (χ3n) is 4.25. The van der Waals surface area contributed by atoms with Crippen molar-refractivity contribution < 1.29 is 9.63 Å². The van der Waals surface area contributed by atoms with Crippen LogP contribution in [0.15, 0.2) is 71.7 Å². The van der Waals surface area contributed by atoms with Crippen LogP contribution in [0.5, 0.6) is 0 Å². The van der Waals surface area contributed by atoms with Crippen LogP contribution < -0.4 is 15.7 Å². The molecule has 1 heterocycles. The fourth-order valence-corrected chi connectivity index (χ4v) is 2.88. The van der Waals surface area contributed by atoms with Gasteiger partial charge in [-0.15, -0.1) is 0 Å². The molecule has 0 saturated heterocycles. The van der Waals surface area contributed by atoms with Crippen molar-refractivity contribution in [3.05, 3.63) is 98.9 Å². The summed E-state index contributed by atoms with van der Waals surface area (Å²) in [5, 5.41) is 3.34. The molecule has 0 spiro atoms. The molecule has 3 aromatic rings. The minimum atomic E-state index is -0.527. The largest absolute Gasteiger partial charge is 0.406 e. The van der Waals surface area contributed by atoms with Crippen LogP contribution in [0, 0.1) is 0 Å². The quantitative estimate of drug-likeness (QED) is 0.667. The first-order valence-electron chi connectivity index (χ1n) is 8.95. The number of hydrogen-bond donors (Lipinski definition) is 1. The van der Waals surface area contributed by atoms with Crippen molar-refractivity contribution >= 4 is 23.2 Å². The zero-order chi connectivity index (χ0) is 20.1. The lowest BCUT2D eigenvalue weighted by Gasteiger charge is -2.11. The average molecular weight is 397 g/mol. The zero-order valence-corrected chi connectivity index (χ0v) is 16.4. The van der Waals surface area contributed by atoms with E-state index < -0.39 is 11.5 Å². The molecule has 5 nitrogen and oxygen atoms in total. The van der Waals surface area contributed by atoms with E-state index in [-0.39, 0.29) is 12.2 Å². The molecular formula is C22H21ClN2O3. The zero-order valence-electron chi connectivity index (χ0n) is 15.7. The number of hydrogen-bond acceptors (Lipinski definition) is 3. The highest BCUT2D eigenvalue weighted by Gasteiger charge is 2.13. The molecule has 0 aliphatic rings. The minimum absolute atomic E-state index is 0.00142. The third-order valence-corrected chi connectivity index (χ3v) is 4.49. The van der Waals surface area contributed by atoms with E-state index in [0.29, 0.717) is 16.6 Å². The molecular weight excluding hydrogens is 376 g/mol. The third kappa shape index (κ3) is 4.81. The predicted molar refractivity (Wildman–Crippen MR) is 111 cm³/mol. The van der Waals surface area contributed by atoms with E-state index in [2.05, 4.69) is 19.2 Å². The number of carbonyl (C=O) groups excluding carboxylic acids is 1. The number of nitrogens with one attached hydrogen (secondary N) is 1. The minimum Gasteiger partial charge on any atom is -0.406 e. The normalized spacial score (nSPS) is 10.7. The summed E-state index contributed by atoms with van der Waals surface area (Å²) in [6.45, 7) is 4.36. The second kappa shape index (κ2) is 8.76. The standard InChI is InChI=1S/C22H21ClN2O3/c1-15(2)17-8-10-19(11-9-17)24-21(26)20-7-4-12-25(22(20)27)28-14-16-5-3-6-18(23)13-16/h3-13,15H,14H2,1-2H3,(H,24,26). The Hall–Kier alpha value is -3.05. The van der Waals surface area contributed by atoms with Crippen molar-refractivity contribution in [1.82, 2.24) is 4.73 Å². The number of nitrogens with zero attached hydrogens (tertiary/aromatic N) is 1. The van der Waals surface area contributed by atoms with E-state index in [9.17, 15) is 9.59 Å². The maximum Gasteiger partial charge on any atom is 0.295 e. The van der Waals surface area contributed by atoms with Crippen molar-refractivity contribution in [3.8, 4) is 0 Å². The molecule has 3 rings (SSSR count). The van der Waals surface area contributed by atoms with Gasteiger partial charge in [-0.05, 0) is 53.4 Å². The maximum atomic E-state index is 12.6. The van der Waals surface area contributed by atoms with E-state index >= 15 is 0 Å². The molecule has 0 aliphatic carbocycles. The summed E-state index contributed by atoms with van der Waals surface area (Å²) in [7, 11) is 0. The Kier molecular flexibility index (Phi) is 6.16. The van der Waals surface area contributed by atoms with E-state index in [1.54, 1.807) is 24.3 Å². The van der Waals surface area contributed by atoms with Gasteiger partial charge in [-0.1, -0.05) is 49.7 Å². The first-order valence-corrected chi connectivity index (χ1v) is 9.32. The van der Waals surface area contributed by atoms with Gasteiger partial charge >= 0.3 is 0 Å². The van der Waals surface area contributed by atoms with Gasteiger partial charge in [-0.2, -0.15) is 4.73 Å². The highest BCUT2D eigenvalue weighted by molar-refractivity contribution is 6.30. The molecule has 28 heavy (non-hydrogen) atoms. The number of amides is 1. The van der Waals surface area contributed by atoms with Gasteiger partial charge in [0.15, 0.2) is 0 Å². The number of benzene rings is 2.